The molecule has 1 aromatic carbocycles. The first-order valence-corrected chi connectivity index (χ1v) is 5.00. The van der Waals surface area contributed by atoms with E-state index >= 15 is 0 Å². The van der Waals surface area contributed by atoms with Crippen molar-refractivity contribution in [2.45, 2.75) is 25.2 Å². The smallest absolute Gasteiger partial charge is 0.115 e. The van der Waals surface area contributed by atoms with Crippen LogP contribution in [0.2, 0.25) is 0 Å². The van der Waals surface area contributed by atoms with Gasteiger partial charge in [0.2, 0.25) is 0 Å². The van der Waals surface area contributed by atoms with Crippen LogP contribution >= 0.6 is 0 Å². The average Bonchev–Trinajstić information content (AvgIpc) is 2.84. The molecule has 14 heavy (non-hydrogen) atoms. The van der Waals surface area contributed by atoms with Crippen molar-refractivity contribution in [3.8, 4) is 0 Å². The predicted octanol–water partition coefficient (Wildman–Crippen LogP) is 2.73. The second-order valence-electron chi connectivity index (χ2n) is 4.41. The predicted molar refractivity (Wildman–Crippen MR) is 57.1 cm³/mol. The SMILES string of the molecule is [CH2]n1c(C2(C)CC2)nc2ccccc21. The second kappa shape index (κ2) is 2.38. The Morgan fingerprint density at radius 3 is 2.71 bits per heavy atom. The van der Waals surface area contributed by atoms with E-state index in [1.54, 1.807) is 0 Å². The molecule has 0 aliphatic heterocycles. The molecule has 1 radical (unpaired) electrons. The molecule has 2 nitrogen and oxygen atoms in total. The topological polar surface area (TPSA) is 17.8 Å². The molecule has 3 rings (SSSR count). The van der Waals surface area contributed by atoms with Gasteiger partial charge in [-0.1, -0.05) is 19.1 Å². The molecule has 0 unspecified atom stereocenters. The highest BCUT2D eigenvalue weighted by atomic mass is 15.1. The second-order valence-corrected chi connectivity index (χ2v) is 4.41. The van der Waals surface area contributed by atoms with Gasteiger partial charge in [-0.15, -0.1) is 0 Å². The number of benzene rings is 1. The summed E-state index contributed by atoms with van der Waals surface area (Å²) < 4.78 is 1.99. The Morgan fingerprint density at radius 2 is 2.07 bits per heavy atom. The van der Waals surface area contributed by atoms with Gasteiger partial charge in [-0.2, -0.15) is 0 Å². The molecule has 71 valence electrons. The maximum atomic E-state index is 4.65. The van der Waals surface area contributed by atoms with Crippen molar-refractivity contribution in [1.29, 1.82) is 0 Å². The molecule has 1 aromatic heterocycles. The fourth-order valence-electron chi connectivity index (χ4n) is 1.95. The van der Waals surface area contributed by atoms with E-state index in [1.807, 2.05) is 22.8 Å². The molecular formula is C12H13N2. The molecule has 0 bridgehead atoms. The van der Waals surface area contributed by atoms with E-state index in [-0.39, 0.29) is 0 Å². The van der Waals surface area contributed by atoms with Gasteiger partial charge in [-0.25, -0.2) is 4.98 Å². The Balaban J connectivity index is 2.31. The molecule has 1 fully saturated rings. The van der Waals surface area contributed by atoms with Crippen LogP contribution in [0.15, 0.2) is 24.3 Å². The number of hydrogen-bond donors (Lipinski definition) is 0. The largest absolute Gasteiger partial charge is 0.326 e. The summed E-state index contributed by atoms with van der Waals surface area (Å²) in [6, 6.07) is 8.18. The molecule has 2 aromatic rings. The third-order valence-corrected chi connectivity index (χ3v) is 3.19. The van der Waals surface area contributed by atoms with Gasteiger partial charge in [-0.3, -0.25) is 0 Å². The van der Waals surface area contributed by atoms with Crippen LogP contribution < -0.4 is 0 Å². The van der Waals surface area contributed by atoms with Gasteiger partial charge < -0.3 is 4.57 Å². The first kappa shape index (κ1) is 8.04. The normalized spacial score (nSPS) is 18.7. The molecule has 0 N–H and O–H groups in total. The molecule has 1 saturated carbocycles. The highest BCUT2D eigenvalue weighted by Crippen LogP contribution is 2.47. The van der Waals surface area contributed by atoms with Crippen LogP contribution in [0.1, 0.15) is 25.6 Å². The number of imidazole rings is 1. The van der Waals surface area contributed by atoms with Gasteiger partial charge in [0.1, 0.15) is 5.82 Å². The van der Waals surface area contributed by atoms with E-state index in [2.05, 4.69) is 25.0 Å². The van der Waals surface area contributed by atoms with Crippen molar-refractivity contribution in [3.63, 3.8) is 0 Å². The maximum Gasteiger partial charge on any atom is 0.115 e. The molecule has 1 aliphatic carbocycles. The van der Waals surface area contributed by atoms with Gasteiger partial charge in [0, 0.05) is 12.5 Å². The van der Waals surface area contributed by atoms with Crippen molar-refractivity contribution < 1.29 is 0 Å². The van der Waals surface area contributed by atoms with Crippen LogP contribution in [0.4, 0.5) is 0 Å². The first-order valence-electron chi connectivity index (χ1n) is 5.00. The van der Waals surface area contributed by atoms with Crippen molar-refractivity contribution in [2.24, 2.45) is 0 Å². The van der Waals surface area contributed by atoms with Crippen LogP contribution in [-0.2, 0) is 5.41 Å². The summed E-state index contributed by atoms with van der Waals surface area (Å²) in [5, 5.41) is 0. The monoisotopic (exact) mass is 185 g/mol. The summed E-state index contributed by atoms with van der Waals surface area (Å²) in [5.74, 6) is 1.14. The third kappa shape index (κ3) is 0.939. The fourth-order valence-corrected chi connectivity index (χ4v) is 1.95. The summed E-state index contributed by atoms with van der Waals surface area (Å²) >= 11 is 0. The Labute approximate surface area is 83.6 Å². The van der Waals surface area contributed by atoms with Crippen LogP contribution in [0.3, 0.4) is 0 Å². The summed E-state index contributed by atoms with van der Waals surface area (Å²) in [6.07, 6.45) is 2.48. The van der Waals surface area contributed by atoms with E-state index in [1.165, 1.54) is 12.8 Å². The van der Waals surface area contributed by atoms with E-state index in [0.717, 1.165) is 16.9 Å². The quantitative estimate of drug-likeness (QED) is 0.668. The van der Waals surface area contributed by atoms with E-state index in [0.29, 0.717) is 5.41 Å². The molecule has 1 aliphatic rings. The van der Waals surface area contributed by atoms with Crippen molar-refractivity contribution in [2.75, 3.05) is 0 Å². The lowest BCUT2D eigenvalue weighted by atomic mass is 10.1. The lowest BCUT2D eigenvalue weighted by Gasteiger charge is -2.07. The number of hydrogen-bond acceptors (Lipinski definition) is 1. The Kier molecular flexibility index (Phi) is 1.37. The Morgan fingerprint density at radius 1 is 1.36 bits per heavy atom. The molecular weight excluding hydrogens is 172 g/mol. The number of fused-ring (bicyclic) bond motifs is 1. The minimum absolute atomic E-state index is 0.292. The molecule has 0 atom stereocenters. The fraction of sp³-hybridized carbons (Fsp3) is 0.333. The van der Waals surface area contributed by atoms with Crippen LogP contribution in [-0.4, -0.2) is 9.55 Å². The van der Waals surface area contributed by atoms with Crippen molar-refractivity contribution >= 4 is 11.0 Å². The van der Waals surface area contributed by atoms with Gasteiger partial charge in [0.25, 0.3) is 0 Å². The standard InChI is InChI=1S/C12H13N2/c1-12(7-8-12)11-13-9-5-3-4-6-10(9)14(11)2/h3-6H,2,7-8H2,1H3. The van der Waals surface area contributed by atoms with Gasteiger partial charge >= 0.3 is 0 Å². The highest BCUT2D eigenvalue weighted by molar-refractivity contribution is 5.76. The summed E-state index contributed by atoms with van der Waals surface area (Å²) in [7, 11) is 4.07. The summed E-state index contributed by atoms with van der Waals surface area (Å²) in [4.78, 5) is 4.65. The first-order chi connectivity index (χ1) is 6.71. The number of aromatic nitrogens is 2. The van der Waals surface area contributed by atoms with E-state index in [9.17, 15) is 0 Å². The lowest BCUT2D eigenvalue weighted by molar-refractivity contribution is 0.695. The van der Waals surface area contributed by atoms with Crippen LogP contribution in [0, 0.1) is 7.05 Å². The minimum Gasteiger partial charge on any atom is -0.326 e. The van der Waals surface area contributed by atoms with Crippen molar-refractivity contribution in [1.82, 2.24) is 9.55 Å². The Hall–Kier alpha value is -1.31. The minimum atomic E-state index is 0.292. The Bertz CT molecular complexity index is 492. The van der Waals surface area contributed by atoms with Gasteiger partial charge in [-0.05, 0) is 25.0 Å². The number of nitrogens with zero attached hydrogens (tertiary/aromatic N) is 2. The maximum absolute atomic E-state index is 4.65. The van der Waals surface area contributed by atoms with Gasteiger partial charge in [0.05, 0.1) is 11.0 Å². The zero-order valence-electron chi connectivity index (χ0n) is 8.33. The van der Waals surface area contributed by atoms with E-state index < -0.39 is 0 Å². The van der Waals surface area contributed by atoms with E-state index in [4.69, 9.17) is 0 Å². The lowest BCUT2D eigenvalue weighted by Crippen LogP contribution is -2.07. The molecule has 0 saturated heterocycles. The molecule has 0 amide bonds. The highest BCUT2D eigenvalue weighted by Gasteiger charge is 2.42. The van der Waals surface area contributed by atoms with Crippen molar-refractivity contribution in [3.05, 3.63) is 37.1 Å². The summed E-state index contributed by atoms with van der Waals surface area (Å²) in [5.41, 5.74) is 2.49. The third-order valence-electron chi connectivity index (χ3n) is 3.19. The van der Waals surface area contributed by atoms with Crippen LogP contribution in [0.25, 0.3) is 11.0 Å². The molecule has 2 heteroatoms. The molecule has 1 heterocycles. The number of para-hydroxylation sites is 2. The van der Waals surface area contributed by atoms with Gasteiger partial charge in [0.15, 0.2) is 0 Å². The average molecular weight is 185 g/mol. The zero-order chi connectivity index (χ0) is 9.76. The summed E-state index contributed by atoms with van der Waals surface area (Å²) in [6.45, 7) is 2.26. The molecule has 0 spiro atoms. The van der Waals surface area contributed by atoms with Crippen LogP contribution in [0.5, 0.6) is 0 Å². The number of rotatable bonds is 1. The zero-order valence-corrected chi connectivity index (χ0v) is 8.33.